The Morgan fingerprint density at radius 2 is 1.71 bits per heavy atom. The van der Waals surface area contributed by atoms with Crippen LogP contribution in [0.1, 0.15) is 51.0 Å². The molecule has 38 heavy (non-hydrogen) atoms. The summed E-state index contributed by atoms with van der Waals surface area (Å²) >= 11 is 5.91. The van der Waals surface area contributed by atoms with Crippen molar-refractivity contribution in [1.29, 1.82) is 0 Å². The highest BCUT2D eigenvalue weighted by atomic mass is 35.5. The molecule has 1 heterocycles. The van der Waals surface area contributed by atoms with E-state index in [4.69, 9.17) is 27.2 Å². The molecule has 0 unspecified atom stereocenters. The zero-order valence-corrected chi connectivity index (χ0v) is 22.0. The number of carboxylic acids is 1. The third-order valence-electron chi connectivity index (χ3n) is 6.69. The highest BCUT2D eigenvalue weighted by Crippen LogP contribution is 2.28. The van der Waals surface area contributed by atoms with E-state index in [9.17, 15) is 27.9 Å². The quantitative estimate of drug-likeness (QED) is 0.381. The molecule has 5 N–H and O–H groups in total. The Hall–Kier alpha value is -2.41. The maximum Gasteiger partial charge on any atom is 0.490 e. The number of aliphatic hydroxyl groups excluding tert-OH is 1. The number of hydrazine groups is 1. The third kappa shape index (κ3) is 9.72. The van der Waals surface area contributed by atoms with Crippen molar-refractivity contribution in [3.05, 3.63) is 34.9 Å². The summed E-state index contributed by atoms with van der Waals surface area (Å²) in [5.74, 6) is -3.37. The first-order valence-electron chi connectivity index (χ1n) is 12.6. The standard InChI is InChI=1S/C23H35ClN4O3.C2HF3O2/c1-16(15-29)23(31)28(19-5-3-2-4-6-19)20-11-12-27(14-20)26-22(30)21(25)13-17-7-9-18(24)10-8-17;3-2(4,5)1(6)7/h7-10,16,19-21,29H,2-6,11-15,25H2,1H3,(H,26,30);(H,6,7)/t16-,20+,21-;/m1./s1. The molecule has 2 aliphatic rings. The summed E-state index contributed by atoms with van der Waals surface area (Å²) in [6.45, 7) is 2.89. The second-order valence-corrected chi connectivity index (χ2v) is 10.2. The number of hydrogen-bond acceptors (Lipinski definition) is 6. The lowest BCUT2D eigenvalue weighted by atomic mass is 9.92. The Morgan fingerprint density at radius 3 is 2.24 bits per heavy atom. The molecule has 1 aliphatic carbocycles. The first-order chi connectivity index (χ1) is 17.8. The van der Waals surface area contributed by atoms with E-state index in [2.05, 4.69) is 5.43 Å². The summed E-state index contributed by atoms with van der Waals surface area (Å²) in [4.78, 5) is 36.6. The van der Waals surface area contributed by atoms with Crippen LogP contribution in [0.5, 0.6) is 0 Å². The number of hydrogen-bond donors (Lipinski definition) is 4. The van der Waals surface area contributed by atoms with E-state index in [1.54, 1.807) is 19.1 Å². The van der Waals surface area contributed by atoms with Crippen molar-refractivity contribution in [3.63, 3.8) is 0 Å². The fourth-order valence-corrected chi connectivity index (χ4v) is 4.75. The van der Waals surface area contributed by atoms with Crippen molar-refractivity contribution in [2.75, 3.05) is 19.7 Å². The Labute approximate surface area is 225 Å². The normalized spacial score (nSPS) is 20.1. The summed E-state index contributed by atoms with van der Waals surface area (Å²) in [7, 11) is 0. The molecule has 0 aromatic heterocycles. The highest BCUT2D eigenvalue weighted by molar-refractivity contribution is 6.30. The van der Waals surface area contributed by atoms with E-state index in [1.165, 1.54) is 6.42 Å². The van der Waals surface area contributed by atoms with Gasteiger partial charge in [-0.15, -0.1) is 0 Å². The van der Waals surface area contributed by atoms with Gasteiger partial charge in [-0.05, 0) is 43.4 Å². The molecule has 214 valence electrons. The molecule has 2 amide bonds. The fourth-order valence-electron chi connectivity index (χ4n) is 4.63. The first-order valence-corrected chi connectivity index (χ1v) is 13.0. The summed E-state index contributed by atoms with van der Waals surface area (Å²) in [6.07, 6.45) is 1.65. The summed E-state index contributed by atoms with van der Waals surface area (Å²) in [5, 5.41) is 19.2. The van der Waals surface area contributed by atoms with Crippen molar-refractivity contribution in [2.45, 2.75) is 76.2 Å². The van der Waals surface area contributed by atoms with Gasteiger partial charge in [0, 0.05) is 30.2 Å². The van der Waals surface area contributed by atoms with Crippen LogP contribution in [0.15, 0.2) is 24.3 Å². The number of nitrogens with zero attached hydrogens (tertiary/aromatic N) is 2. The third-order valence-corrected chi connectivity index (χ3v) is 6.94. The number of halogens is 4. The predicted molar refractivity (Wildman–Crippen MR) is 135 cm³/mol. The van der Waals surface area contributed by atoms with Crippen molar-refractivity contribution < 1.29 is 37.8 Å². The molecule has 1 aromatic rings. The highest BCUT2D eigenvalue weighted by Gasteiger charge is 2.39. The number of carbonyl (C=O) groups is 3. The zero-order valence-electron chi connectivity index (χ0n) is 21.3. The van der Waals surface area contributed by atoms with Gasteiger partial charge in [-0.1, -0.05) is 49.9 Å². The molecule has 1 aliphatic heterocycles. The molecule has 1 saturated heterocycles. The van der Waals surface area contributed by atoms with Gasteiger partial charge in [-0.25, -0.2) is 9.80 Å². The number of aliphatic carboxylic acids is 1. The lowest BCUT2D eigenvalue weighted by Crippen LogP contribution is -2.53. The van der Waals surface area contributed by atoms with E-state index >= 15 is 0 Å². The lowest BCUT2D eigenvalue weighted by molar-refractivity contribution is -0.192. The zero-order chi connectivity index (χ0) is 28.5. The van der Waals surface area contributed by atoms with E-state index < -0.39 is 24.1 Å². The van der Waals surface area contributed by atoms with Crippen LogP contribution in [0.25, 0.3) is 0 Å². The molecule has 0 bridgehead atoms. The Bertz CT molecular complexity index is 929. The van der Waals surface area contributed by atoms with Crippen molar-refractivity contribution in [2.24, 2.45) is 11.7 Å². The number of benzene rings is 1. The van der Waals surface area contributed by atoms with E-state index in [1.807, 2.05) is 22.0 Å². The summed E-state index contributed by atoms with van der Waals surface area (Å²) in [6, 6.07) is 6.92. The van der Waals surface area contributed by atoms with Gasteiger partial charge < -0.3 is 20.8 Å². The van der Waals surface area contributed by atoms with Gasteiger partial charge in [0.25, 0.3) is 5.91 Å². The number of amides is 2. The van der Waals surface area contributed by atoms with Gasteiger partial charge >= 0.3 is 12.1 Å². The SMILES string of the molecule is C[C@H](CO)C(=O)N(C1CCCCC1)[C@H]1CCN(NC(=O)[C@H](N)Cc2ccc(Cl)cc2)C1.O=C(O)C(F)(F)F. The molecule has 3 atom stereocenters. The van der Waals surface area contributed by atoms with Gasteiger partial charge in [0.1, 0.15) is 0 Å². The average molecular weight is 565 g/mol. The van der Waals surface area contributed by atoms with Crippen LogP contribution in [-0.4, -0.2) is 81.9 Å². The molecular weight excluding hydrogens is 529 g/mol. The van der Waals surface area contributed by atoms with E-state index in [0.717, 1.165) is 37.7 Å². The van der Waals surface area contributed by atoms with E-state index in [0.29, 0.717) is 24.5 Å². The second kappa shape index (κ2) is 14.7. The molecule has 13 heteroatoms. The van der Waals surface area contributed by atoms with Gasteiger partial charge in [0.15, 0.2) is 0 Å². The molecule has 2 fully saturated rings. The van der Waals surface area contributed by atoms with Crippen LogP contribution >= 0.6 is 11.6 Å². The minimum Gasteiger partial charge on any atom is -0.475 e. The number of alkyl halides is 3. The Kier molecular flexibility index (Phi) is 12.3. The predicted octanol–water partition coefficient (Wildman–Crippen LogP) is 2.74. The van der Waals surface area contributed by atoms with Gasteiger partial charge in [-0.3, -0.25) is 15.0 Å². The van der Waals surface area contributed by atoms with E-state index in [-0.39, 0.29) is 30.5 Å². The topological polar surface area (TPSA) is 136 Å². The maximum atomic E-state index is 13.1. The molecule has 3 rings (SSSR count). The number of carbonyl (C=O) groups excluding carboxylic acids is 2. The molecule has 0 spiro atoms. The Morgan fingerprint density at radius 1 is 1.13 bits per heavy atom. The van der Waals surface area contributed by atoms with Crippen LogP contribution in [0.4, 0.5) is 13.2 Å². The number of nitrogens with one attached hydrogen (secondary N) is 1. The van der Waals surface area contributed by atoms with Crippen molar-refractivity contribution >= 4 is 29.4 Å². The second-order valence-electron chi connectivity index (χ2n) is 9.73. The lowest BCUT2D eigenvalue weighted by Gasteiger charge is -2.40. The number of carboxylic acid groups (broad SMARTS) is 1. The van der Waals surface area contributed by atoms with Gasteiger partial charge in [0.2, 0.25) is 5.91 Å². The van der Waals surface area contributed by atoms with Crippen molar-refractivity contribution in [3.8, 4) is 0 Å². The van der Waals surface area contributed by atoms with Crippen LogP contribution in [-0.2, 0) is 20.8 Å². The molecule has 1 saturated carbocycles. The molecule has 0 radical (unpaired) electrons. The smallest absolute Gasteiger partial charge is 0.475 e. The minimum atomic E-state index is -5.08. The van der Waals surface area contributed by atoms with Crippen molar-refractivity contribution in [1.82, 2.24) is 15.3 Å². The molecular formula is C25H36ClF3N4O5. The first kappa shape index (κ1) is 31.8. The molecule has 1 aromatic carbocycles. The van der Waals surface area contributed by atoms with Crippen LogP contribution in [0.3, 0.4) is 0 Å². The summed E-state index contributed by atoms with van der Waals surface area (Å²) < 4.78 is 31.7. The van der Waals surface area contributed by atoms with Crippen LogP contribution in [0.2, 0.25) is 5.02 Å². The monoisotopic (exact) mass is 564 g/mol. The minimum absolute atomic E-state index is 0.0204. The van der Waals surface area contributed by atoms with Crippen LogP contribution in [0, 0.1) is 5.92 Å². The number of rotatable bonds is 8. The summed E-state index contributed by atoms with van der Waals surface area (Å²) in [5.41, 5.74) is 10.0. The largest absolute Gasteiger partial charge is 0.490 e. The van der Waals surface area contributed by atoms with Crippen LogP contribution < -0.4 is 11.2 Å². The number of nitrogens with two attached hydrogens (primary N) is 1. The van der Waals surface area contributed by atoms with Gasteiger partial charge in [0.05, 0.1) is 18.6 Å². The Balaban J connectivity index is 0.000000638. The average Bonchev–Trinajstić information content (AvgIpc) is 3.33. The van der Waals surface area contributed by atoms with Gasteiger partial charge in [-0.2, -0.15) is 13.2 Å². The fraction of sp³-hybridized carbons (Fsp3) is 0.640. The molecule has 9 nitrogen and oxygen atoms in total. The maximum absolute atomic E-state index is 13.1. The number of aliphatic hydroxyl groups is 1.